The fourth-order valence-electron chi connectivity index (χ4n) is 4.29. The average Bonchev–Trinajstić information content (AvgIpc) is 3.17. The van der Waals surface area contributed by atoms with E-state index in [2.05, 4.69) is 4.90 Å². The summed E-state index contributed by atoms with van der Waals surface area (Å²) < 4.78 is 16.7. The zero-order valence-corrected chi connectivity index (χ0v) is 20.4. The molecule has 0 spiro atoms. The van der Waals surface area contributed by atoms with Crippen molar-refractivity contribution < 1.29 is 23.5 Å². The van der Waals surface area contributed by atoms with Gasteiger partial charge in [-0.1, -0.05) is 32.1 Å². The van der Waals surface area contributed by atoms with Gasteiger partial charge in [0.05, 0.1) is 25.5 Å². The van der Waals surface area contributed by atoms with Gasteiger partial charge in [-0.2, -0.15) is 11.8 Å². The van der Waals surface area contributed by atoms with E-state index in [-0.39, 0.29) is 13.2 Å². The smallest absolute Gasteiger partial charge is 0.323 e. The van der Waals surface area contributed by atoms with Crippen LogP contribution in [0.2, 0.25) is 0 Å². The minimum Gasteiger partial charge on any atom is -0.465 e. The molecule has 31 heavy (non-hydrogen) atoms. The highest BCUT2D eigenvalue weighted by atomic mass is 32.2. The largest absolute Gasteiger partial charge is 0.465 e. The average molecular weight is 454 g/mol. The van der Waals surface area contributed by atoms with Crippen molar-refractivity contribution in [3.05, 3.63) is 23.7 Å². The number of esters is 2. The summed E-state index contributed by atoms with van der Waals surface area (Å²) in [4.78, 5) is 28.2. The summed E-state index contributed by atoms with van der Waals surface area (Å²) in [6.07, 6.45) is 6.64. The predicted octanol–water partition coefficient (Wildman–Crippen LogP) is 5.05. The Morgan fingerprint density at radius 1 is 1.06 bits per heavy atom. The Kier molecular flexibility index (Phi) is 10.9. The summed E-state index contributed by atoms with van der Waals surface area (Å²) in [5.41, 5.74) is -1.21. The third-order valence-corrected chi connectivity index (χ3v) is 6.78. The second-order valence-electron chi connectivity index (χ2n) is 8.64. The zero-order chi connectivity index (χ0) is 22.7. The van der Waals surface area contributed by atoms with E-state index >= 15 is 0 Å². The van der Waals surface area contributed by atoms with Crippen molar-refractivity contribution >= 4 is 23.7 Å². The summed E-state index contributed by atoms with van der Waals surface area (Å²) in [6, 6.07) is 4.00. The highest BCUT2D eigenvalue weighted by Crippen LogP contribution is 2.40. The topological polar surface area (TPSA) is 69.0 Å². The molecule has 1 aliphatic rings. The van der Waals surface area contributed by atoms with Gasteiger partial charge < -0.3 is 18.8 Å². The number of rotatable bonds is 13. The molecule has 1 saturated carbocycles. The van der Waals surface area contributed by atoms with Gasteiger partial charge in [-0.05, 0) is 64.6 Å². The Morgan fingerprint density at radius 2 is 1.68 bits per heavy atom. The van der Waals surface area contributed by atoms with Crippen molar-refractivity contribution in [2.45, 2.75) is 71.1 Å². The van der Waals surface area contributed by atoms with Gasteiger partial charge in [0, 0.05) is 0 Å². The zero-order valence-electron chi connectivity index (χ0n) is 19.6. The lowest BCUT2D eigenvalue weighted by molar-refractivity contribution is -0.174. The number of thioether (sulfide) groups is 1. The summed E-state index contributed by atoms with van der Waals surface area (Å²) in [5, 5.41) is 0. The molecule has 1 aromatic rings. The third-order valence-electron chi connectivity index (χ3n) is 5.80. The van der Waals surface area contributed by atoms with E-state index in [1.165, 1.54) is 6.42 Å². The Bertz CT molecular complexity index is 663. The van der Waals surface area contributed by atoms with Crippen molar-refractivity contribution in [2.75, 3.05) is 33.1 Å². The van der Waals surface area contributed by atoms with E-state index in [1.807, 2.05) is 26.2 Å². The molecule has 6 nitrogen and oxygen atoms in total. The first-order valence-corrected chi connectivity index (χ1v) is 12.7. The monoisotopic (exact) mass is 453 g/mol. The molecule has 7 heteroatoms. The summed E-state index contributed by atoms with van der Waals surface area (Å²) in [7, 11) is 4.02. The molecule has 176 valence electrons. The minimum atomic E-state index is -1.21. The maximum absolute atomic E-state index is 13.1. The van der Waals surface area contributed by atoms with Crippen LogP contribution in [0.4, 0.5) is 0 Å². The van der Waals surface area contributed by atoms with Gasteiger partial charge in [0.15, 0.2) is 5.41 Å². The van der Waals surface area contributed by atoms with Crippen molar-refractivity contribution in [1.29, 1.82) is 0 Å². The number of ether oxygens (including phenoxy) is 2. The first kappa shape index (κ1) is 25.8. The second kappa shape index (κ2) is 13.2. The number of carbonyl (C=O) groups excluding carboxylic acids is 2. The highest BCUT2D eigenvalue weighted by Gasteiger charge is 2.49. The number of nitrogens with zero attached hydrogens (tertiary/aromatic N) is 1. The molecule has 1 heterocycles. The van der Waals surface area contributed by atoms with Crippen LogP contribution in [-0.4, -0.2) is 49.9 Å². The maximum Gasteiger partial charge on any atom is 0.323 e. The Hall–Kier alpha value is -1.47. The molecular weight excluding hydrogens is 414 g/mol. The summed E-state index contributed by atoms with van der Waals surface area (Å²) >= 11 is 1.68. The van der Waals surface area contributed by atoms with Crippen molar-refractivity contribution in [3.8, 4) is 0 Å². The molecule has 0 bridgehead atoms. The maximum atomic E-state index is 13.1. The lowest BCUT2D eigenvalue weighted by Crippen LogP contribution is -2.44. The molecule has 2 rings (SSSR count). The number of furan rings is 1. The van der Waals surface area contributed by atoms with Gasteiger partial charge in [0.1, 0.15) is 11.5 Å². The van der Waals surface area contributed by atoms with Crippen LogP contribution >= 0.6 is 11.8 Å². The van der Waals surface area contributed by atoms with Crippen LogP contribution in [0, 0.1) is 11.3 Å². The van der Waals surface area contributed by atoms with Crippen LogP contribution in [0.25, 0.3) is 0 Å². The van der Waals surface area contributed by atoms with Crippen LogP contribution in [0.5, 0.6) is 0 Å². The van der Waals surface area contributed by atoms with Crippen LogP contribution < -0.4 is 0 Å². The highest BCUT2D eigenvalue weighted by molar-refractivity contribution is 7.98. The third kappa shape index (κ3) is 7.86. The molecule has 0 saturated heterocycles. The molecule has 0 aromatic carbocycles. The SMILES string of the molecule is CCOC(=O)C(CCSCc1ccc(CN(C)C)o1)(CC1CCCCC1)C(=O)OCC. The van der Waals surface area contributed by atoms with E-state index in [1.54, 1.807) is 25.6 Å². The number of hydrogen-bond acceptors (Lipinski definition) is 7. The lowest BCUT2D eigenvalue weighted by Gasteiger charge is -2.34. The fraction of sp³-hybridized carbons (Fsp3) is 0.750. The standard InChI is InChI=1S/C24H39NO5S/c1-5-28-22(26)24(23(27)29-6-2,16-19-10-8-7-9-11-19)14-15-31-18-21-13-12-20(30-21)17-25(3)4/h12-13,19H,5-11,14-18H2,1-4H3. The second-order valence-corrected chi connectivity index (χ2v) is 9.74. The van der Waals surface area contributed by atoms with Gasteiger partial charge in [-0.25, -0.2) is 0 Å². The normalized spacial score (nSPS) is 15.3. The molecule has 0 radical (unpaired) electrons. The van der Waals surface area contributed by atoms with E-state index in [0.717, 1.165) is 43.7 Å². The number of hydrogen-bond donors (Lipinski definition) is 0. The van der Waals surface area contributed by atoms with Crippen LogP contribution in [-0.2, 0) is 31.4 Å². The first-order valence-electron chi connectivity index (χ1n) is 11.6. The minimum absolute atomic E-state index is 0.263. The van der Waals surface area contributed by atoms with Gasteiger partial charge in [0.2, 0.25) is 0 Å². The fourth-order valence-corrected chi connectivity index (χ4v) is 5.29. The quantitative estimate of drug-likeness (QED) is 0.235. The van der Waals surface area contributed by atoms with Crippen LogP contribution in [0.15, 0.2) is 16.5 Å². The summed E-state index contributed by atoms with van der Waals surface area (Å²) in [5.74, 6) is 2.73. The van der Waals surface area contributed by atoms with Gasteiger partial charge >= 0.3 is 11.9 Å². The van der Waals surface area contributed by atoms with Crippen molar-refractivity contribution in [2.24, 2.45) is 11.3 Å². The van der Waals surface area contributed by atoms with Crippen molar-refractivity contribution in [3.63, 3.8) is 0 Å². The number of carbonyl (C=O) groups is 2. The Morgan fingerprint density at radius 3 is 2.26 bits per heavy atom. The molecule has 0 amide bonds. The molecule has 0 atom stereocenters. The molecule has 1 aliphatic carbocycles. The molecule has 1 fully saturated rings. The summed E-state index contributed by atoms with van der Waals surface area (Å²) in [6.45, 7) is 4.86. The predicted molar refractivity (Wildman–Crippen MR) is 124 cm³/mol. The van der Waals surface area contributed by atoms with E-state index in [0.29, 0.717) is 30.3 Å². The molecule has 0 N–H and O–H groups in total. The van der Waals surface area contributed by atoms with Gasteiger partial charge in [0.25, 0.3) is 0 Å². The molecular formula is C24H39NO5S. The van der Waals surface area contributed by atoms with Gasteiger partial charge in [-0.15, -0.1) is 0 Å². The van der Waals surface area contributed by atoms with Crippen LogP contribution in [0.1, 0.15) is 70.3 Å². The molecule has 0 aliphatic heterocycles. The lowest BCUT2D eigenvalue weighted by atomic mass is 9.72. The van der Waals surface area contributed by atoms with E-state index in [4.69, 9.17) is 13.9 Å². The van der Waals surface area contributed by atoms with E-state index < -0.39 is 17.4 Å². The van der Waals surface area contributed by atoms with Gasteiger partial charge in [-0.3, -0.25) is 9.59 Å². The Balaban J connectivity index is 2.05. The molecule has 1 aromatic heterocycles. The van der Waals surface area contributed by atoms with E-state index in [9.17, 15) is 9.59 Å². The van der Waals surface area contributed by atoms with Crippen LogP contribution in [0.3, 0.4) is 0 Å². The Labute approximate surface area is 191 Å². The van der Waals surface area contributed by atoms with Crippen molar-refractivity contribution in [1.82, 2.24) is 4.90 Å². The first-order chi connectivity index (χ1) is 14.9. The molecule has 0 unspecified atom stereocenters.